The predicted octanol–water partition coefficient (Wildman–Crippen LogP) is 3.03. The van der Waals surface area contributed by atoms with Crippen molar-refractivity contribution in [2.45, 2.75) is 39.2 Å². The third kappa shape index (κ3) is 3.67. The molecule has 0 aromatic heterocycles. The van der Waals surface area contributed by atoms with Crippen molar-refractivity contribution < 1.29 is 14.3 Å². The topological polar surface area (TPSA) is 55.4 Å². The monoisotopic (exact) mass is 275 g/mol. The van der Waals surface area contributed by atoms with Gasteiger partial charge in [0, 0.05) is 18.6 Å². The van der Waals surface area contributed by atoms with Crippen molar-refractivity contribution in [3.8, 4) is 0 Å². The summed E-state index contributed by atoms with van der Waals surface area (Å²) in [5.74, 6) is 0.329. The Balaban J connectivity index is 1.85. The maximum absolute atomic E-state index is 12.0. The number of rotatable bonds is 6. The lowest BCUT2D eigenvalue weighted by Gasteiger charge is -2.34. The summed E-state index contributed by atoms with van der Waals surface area (Å²) in [5, 5.41) is 2.84. The van der Waals surface area contributed by atoms with E-state index in [9.17, 15) is 9.59 Å². The molecule has 0 aliphatic heterocycles. The van der Waals surface area contributed by atoms with Crippen molar-refractivity contribution in [1.82, 2.24) is 0 Å². The van der Waals surface area contributed by atoms with E-state index in [0.717, 1.165) is 19.4 Å². The van der Waals surface area contributed by atoms with Crippen molar-refractivity contribution in [3.63, 3.8) is 0 Å². The van der Waals surface area contributed by atoms with Crippen LogP contribution < -0.4 is 5.32 Å². The van der Waals surface area contributed by atoms with Crippen molar-refractivity contribution >= 4 is 17.4 Å². The second-order valence-corrected chi connectivity index (χ2v) is 5.27. The van der Waals surface area contributed by atoms with Gasteiger partial charge in [-0.25, -0.2) is 0 Å². The summed E-state index contributed by atoms with van der Waals surface area (Å²) in [5.41, 5.74) is 1.16. The molecule has 0 bridgehead atoms. The molecule has 0 spiro atoms. The molecule has 20 heavy (non-hydrogen) atoms. The van der Waals surface area contributed by atoms with Gasteiger partial charge in [-0.1, -0.05) is 12.1 Å². The fraction of sp³-hybridized carbons (Fsp3) is 0.500. The molecule has 0 unspecified atom stereocenters. The molecule has 0 atom stereocenters. The lowest BCUT2D eigenvalue weighted by atomic mass is 9.80. The third-order valence-corrected chi connectivity index (χ3v) is 3.65. The molecule has 1 saturated carbocycles. The van der Waals surface area contributed by atoms with Gasteiger partial charge in [0.25, 0.3) is 0 Å². The number of carbonyl (C=O) groups is 2. The van der Waals surface area contributed by atoms with Crippen LogP contribution in [0.5, 0.6) is 0 Å². The number of Topliss-reactive ketones (excluding diaryl/α,β-unsaturated/α-hetero) is 1. The number of para-hydroxylation sites is 1. The maximum atomic E-state index is 12.0. The van der Waals surface area contributed by atoms with E-state index < -0.39 is 0 Å². The molecule has 1 aliphatic rings. The summed E-state index contributed by atoms with van der Waals surface area (Å²) in [6, 6.07) is 7.10. The van der Waals surface area contributed by atoms with Gasteiger partial charge in [0.05, 0.1) is 11.8 Å². The van der Waals surface area contributed by atoms with Gasteiger partial charge in [-0.2, -0.15) is 0 Å². The minimum absolute atomic E-state index is 0.0290. The van der Waals surface area contributed by atoms with Crippen LogP contribution in [0.2, 0.25) is 0 Å². The van der Waals surface area contributed by atoms with E-state index in [1.54, 1.807) is 18.2 Å². The van der Waals surface area contributed by atoms with Crippen LogP contribution in [-0.2, 0) is 9.53 Å². The average Bonchev–Trinajstić information content (AvgIpc) is 2.36. The molecule has 1 aromatic rings. The zero-order valence-corrected chi connectivity index (χ0v) is 12.0. The minimum Gasteiger partial charge on any atom is -0.378 e. The van der Waals surface area contributed by atoms with Crippen LogP contribution in [0.1, 0.15) is 43.5 Å². The fourth-order valence-corrected chi connectivity index (χ4v) is 2.58. The van der Waals surface area contributed by atoms with Gasteiger partial charge in [0.15, 0.2) is 5.78 Å². The molecule has 4 nitrogen and oxygen atoms in total. The number of hydrogen-bond acceptors (Lipinski definition) is 3. The van der Waals surface area contributed by atoms with Crippen LogP contribution in [0.4, 0.5) is 5.69 Å². The SMILES string of the molecule is CCOC1CC(CC(=O)Nc2ccccc2C(C)=O)C1. The molecule has 1 fully saturated rings. The molecule has 0 saturated heterocycles. The van der Waals surface area contributed by atoms with E-state index >= 15 is 0 Å². The number of ether oxygens (including phenoxy) is 1. The first-order chi connectivity index (χ1) is 9.60. The standard InChI is InChI=1S/C16H21NO3/c1-3-20-13-8-12(9-13)10-16(19)17-15-7-5-4-6-14(15)11(2)18/h4-7,12-13H,3,8-10H2,1-2H3,(H,17,19). The number of amides is 1. The number of ketones is 1. The Kier molecular flexibility index (Phi) is 4.90. The number of hydrogen-bond donors (Lipinski definition) is 1. The van der Waals surface area contributed by atoms with Crippen LogP contribution in [-0.4, -0.2) is 24.4 Å². The van der Waals surface area contributed by atoms with Crippen molar-refractivity contribution in [1.29, 1.82) is 0 Å². The lowest BCUT2D eigenvalue weighted by Crippen LogP contribution is -2.34. The Morgan fingerprint density at radius 3 is 2.65 bits per heavy atom. The smallest absolute Gasteiger partial charge is 0.224 e. The summed E-state index contributed by atoms with van der Waals surface area (Å²) in [6.07, 6.45) is 2.73. The van der Waals surface area contributed by atoms with Gasteiger partial charge < -0.3 is 10.1 Å². The molecule has 1 N–H and O–H groups in total. The first-order valence-electron chi connectivity index (χ1n) is 7.11. The second-order valence-electron chi connectivity index (χ2n) is 5.27. The Hall–Kier alpha value is -1.68. The Bertz CT molecular complexity index is 492. The van der Waals surface area contributed by atoms with Gasteiger partial charge in [-0.3, -0.25) is 9.59 Å². The zero-order chi connectivity index (χ0) is 14.5. The average molecular weight is 275 g/mol. The quantitative estimate of drug-likeness (QED) is 0.812. The molecule has 4 heteroatoms. The number of nitrogens with one attached hydrogen (secondary N) is 1. The maximum Gasteiger partial charge on any atom is 0.224 e. The summed E-state index contributed by atoms with van der Waals surface area (Å²) < 4.78 is 5.48. The van der Waals surface area contributed by atoms with Gasteiger partial charge in [-0.05, 0) is 44.7 Å². The number of anilines is 1. The Labute approximate surface area is 119 Å². The molecule has 2 rings (SSSR count). The van der Waals surface area contributed by atoms with Crippen LogP contribution in [0.15, 0.2) is 24.3 Å². The summed E-state index contributed by atoms with van der Waals surface area (Å²) in [7, 11) is 0. The predicted molar refractivity (Wildman–Crippen MR) is 77.8 cm³/mol. The number of carbonyl (C=O) groups excluding carboxylic acids is 2. The van der Waals surface area contributed by atoms with Crippen molar-refractivity contribution in [2.24, 2.45) is 5.92 Å². The minimum atomic E-state index is -0.0408. The Morgan fingerprint density at radius 1 is 1.30 bits per heavy atom. The summed E-state index contributed by atoms with van der Waals surface area (Å²) >= 11 is 0. The normalized spacial score (nSPS) is 21.1. The van der Waals surface area contributed by atoms with Crippen molar-refractivity contribution in [2.75, 3.05) is 11.9 Å². The highest BCUT2D eigenvalue weighted by atomic mass is 16.5. The summed E-state index contributed by atoms with van der Waals surface area (Å²) in [4.78, 5) is 23.5. The van der Waals surface area contributed by atoms with Crippen LogP contribution in [0, 0.1) is 5.92 Å². The molecular formula is C16H21NO3. The lowest BCUT2D eigenvalue weighted by molar-refractivity contribution is -0.119. The highest BCUT2D eigenvalue weighted by Gasteiger charge is 2.31. The van der Waals surface area contributed by atoms with Gasteiger partial charge in [0.1, 0.15) is 0 Å². The van der Waals surface area contributed by atoms with Crippen molar-refractivity contribution in [3.05, 3.63) is 29.8 Å². The van der Waals surface area contributed by atoms with E-state index in [2.05, 4.69) is 5.32 Å². The zero-order valence-electron chi connectivity index (χ0n) is 12.0. The molecular weight excluding hydrogens is 254 g/mol. The first-order valence-corrected chi connectivity index (χ1v) is 7.11. The molecule has 1 amide bonds. The number of benzene rings is 1. The first kappa shape index (κ1) is 14.7. The highest BCUT2D eigenvalue weighted by molar-refractivity contribution is 6.03. The van der Waals surface area contributed by atoms with E-state index in [0.29, 0.717) is 29.7 Å². The Morgan fingerprint density at radius 2 is 2.00 bits per heavy atom. The summed E-state index contributed by atoms with van der Waals surface area (Å²) in [6.45, 7) is 4.22. The van der Waals surface area contributed by atoms with Gasteiger partial charge >= 0.3 is 0 Å². The van der Waals surface area contributed by atoms with E-state index in [4.69, 9.17) is 4.74 Å². The van der Waals surface area contributed by atoms with Crippen LogP contribution in [0.25, 0.3) is 0 Å². The van der Waals surface area contributed by atoms with E-state index in [-0.39, 0.29) is 11.7 Å². The van der Waals surface area contributed by atoms with E-state index in [1.807, 2.05) is 13.0 Å². The van der Waals surface area contributed by atoms with E-state index in [1.165, 1.54) is 6.92 Å². The van der Waals surface area contributed by atoms with Gasteiger partial charge in [0.2, 0.25) is 5.91 Å². The molecule has 1 aromatic carbocycles. The molecule has 108 valence electrons. The van der Waals surface area contributed by atoms with Crippen LogP contribution in [0.3, 0.4) is 0 Å². The second kappa shape index (κ2) is 6.66. The fourth-order valence-electron chi connectivity index (χ4n) is 2.58. The van der Waals surface area contributed by atoms with Gasteiger partial charge in [-0.15, -0.1) is 0 Å². The highest BCUT2D eigenvalue weighted by Crippen LogP contribution is 2.33. The van der Waals surface area contributed by atoms with Crippen LogP contribution >= 0.6 is 0 Å². The molecule has 1 aliphatic carbocycles. The largest absolute Gasteiger partial charge is 0.378 e. The molecule has 0 heterocycles. The molecule has 0 radical (unpaired) electrons. The third-order valence-electron chi connectivity index (χ3n) is 3.65.